The van der Waals surface area contributed by atoms with Gasteiger partial charge in [0.25, 0.3) is 0 Å². The molecule has 1 aliphatic rings. The van der Waals surface area contributed by atoms with Gasteiger partial charge in [0.2, 0.25) is 0 Å². The van der Waals surface area contributed by atoms with Crippen LogP contribution >= 0.6 is 0 Å². The van der Waals surface area contributed by atoms with Gasteiger partial charge in [0, 0.05) is 11.9 Å². The van der Waals surface area contributed by atoms with Crippen molar-refractivity contribution in [3.8, 4) is 0 Å². The molecule has 2 aromatic carbocycles. The Kier molecular flexibility index (Phi) is 5.31. The Labute approximate surface area is 168 Å². The molecule has 29 heavy (non-hydrogen) atoms. The molecule has 0 saturated carbocycles. The van der Waals surface area contributed by atoms with Crippen LogP contribution in [0.3, 0.4) is 0 Å². The van der Waals surface area contributed by atoms with E-state index in [9.17, 15) is 9.59 Å². The minimum atomic E-state index is -0.457. The van der Waals surface area contributed by atoms with Crippen molar-refractivity contribution >= 4 is 28.3 Å². The molecule has 1 fully saturated rings. The Bertz CT molecular complexity index is 1090. The molecule has 0 aliphatic carbocycles. The fraction of sp³-hybridized carbons (Fsp3) is 0.318. The topological polar surface area (TPSA) is 85.2 Å². The summed E-state index contributed by atoms with van der Waals surface area (Å²) >= 11 is 0. The maximum Gasteiger partial charge on any atom is 0.351 e. The number of urea groups is 1. The zero-order valence-corrected chi connectivity index (χ0v) is 16.5. The second-order valence-electron chi connectivity index (χ2n) is 7.39. The molecule has 7 nitrogen and oxygen atoms in total. The lowest BCUT2D eigenvalue weighted by Gasteiger charge is -2.15. The molecule has 1 aromatic heterocycles. The number of aromatic nitrogens is 2. The van der Waals surface area contributed by atoms with E-state index >= 15 is 0 Å². The number of anilines is 2. The van der Waals surface area contributed by atoms with Crippen LogP contribution in [0.15, 0.2) is 59.5 Å². The van der Waals surface area contributed by atoms with Gasteiger partial charge in [-0.2, -0.15) is 4.98 Å². The number of hydrogen-bond acceptors (Lipinski definition) is 4. The van der Waals surface area contributed by atoms with Gasteiger partial charge < -0.3 is 10.1 Å². The molecule has 0 bridgehead atoms. The Hall–Kier alpha value is -3.19. The second-order valence-corrected chi connectivity index (χ2v) is 7.39. The summed E-state index contributed by atoms with van der Waals surface area (Å²) in [6, 6.07) is 14.7. The van der Waals surface area contributed by atoms with Crippen molar-refractivity contribution < 1.29 is 9.53 Å². The van der Waals surface area contributed by atoms with Crippen molar-refractivity contribution in [3.63, 3.8) is 0 Å². The van der Waals surface area contributed by atoms with E-state index in [1.54, 1.807) is 12.3 Å². The van der Waals surface area contributed by atoms with Crippen molar-refractivity contribution in [2.75, 3.05) is 10.6 Å². The van der Waals surface area contributed by atoms with E-state index in [1.165, 1.54) is 4.57 Å². The summed E-state index contributed by atoms with van der Waals surface area (Å²) in [6.45, 7) is 4.20. The van der Waals surface area contributed by atoms with Gasteiger partial charge in [-0.15, -0.1) is 0 Å². The highest BCUT2D eigenvalue weighted by molar-refractivity contribution is 6.00. The van der Waals surface area contributed by atoms with Crippen LogP contribution in [0.25, 0.3) is 10.8 Å². The van der Waals surface area contributed by atoms with E-state index in [4.69, 9.17) is 4.74 Å². The maximum atomic E-state index is 12.4. The summed E-state index contributed by atoms with van der Waals surface area (Å²) in [6.07, 6.45) is 3.15. The molecule has 4 rings (SSSR count). The number of ether oxygens (including phenoxy) is 1. The lowest BCUT2D eigenvalue weighted by atomic mass is 10.0. The minimum absolute atomic E-state index is 0.150. The third-order valence-electron chi connectivity index (χ3n) is 5.33. The fourth-order valence-corrected chi connectivity index (χ4v) is 3.79. The molecule has 3 aromatic rings. The highest BCUT2D eigenvalue weighted by Crippen LogP contribution is 2.33. The standard InChI is InChI=1S/C22H24N4O3/c1-3-18-14(2)12-20(29-18)26-11-10-19(25-22(26)28)24-21(27)23-17-9-8-15-6-4-5-7-16(15)13-17/h4-11,13-14,18,20H,3,12H2,1-2H3,(H2,23,24,25,27,28)/t14-,18?,20?/m1/s1. The smallest absolute Gasteiger partial charge is 0.351 e. The van der Waals surface area contributed by atoms with E-state index in [2.05, 4.69) is 29.5 Å². The number of fused-ring (bicyclic) bond motifs is 1. The van der Waals surface area contributed by atoms with E-state index in [1.807, 2.05) is 42.5 Å². The summed E-state index contributed by atoms with van der Waals surface area (Å²) in [4.78, 5) is 28.7. The molecule has 0 spiro atoms. The molecule has 2 N–H and O–H groups in total. The molecular weight excluding hydrogens is 368 g/mol. The third kappa shape index (κ3) is 4.14. The molecule has 1 aliphatic heterocycles. The summed E-state index contributed by atoms with van der Waals surface area (Å²) < 4.78 is 7.43. The van der Waals surface area contributed by atoms with Crippen LogP contribution in [0.5, 0.6) is 0 Å². The number of carbonyl (C=O) groups excluding carboxylic acids is 1. The predicted octanol–water partition coefficient (Wildman–Crippen LogP) is 4.37. The zero-order valence-electron chi connectivity index (χ0n) is 16.5. The molecule has 2 heterocycles. The van der Waals surface area contributed by atoms with Crippen LogP contribution in [0.4, 0.5) is 16.3 Å². The first-order valence-electron chi connectivity index (χ1n) is 9.85. The minimum Gasteiger partial charge on any atom is -0.354 e. The van der Waals surface area contributed by atoms with Gasteiger partial charge in [-0.1, -0.05) is 44.2 Å². The molecule has 0 radical (unpaired) electrons. The van der Waals surface area contributed by atoms with E-state index in [0.29, 0.717) is 11.6 Å². The lowest BCUT2D eigenvalue weighted by Crippen LogP contribution is -2.29. The molecule has 1 saturated heterocycles. The highest BCUT2D eigenvalue weighted by atomic mass is 16.5. The van der Waals surface area contributed by atoms with Crippen LogP contribution in [-0.4, -0.2) is 21.7 Å². The molecule has 150 valence electrons. The van der Waals surface area contributed by atoms with E-state index < -0.39 is 11.7 Å². The predicted molar refractivity (Wildman–Crippen MR) is 113 cm³/mol. The monoisotopic (exact) mass is 392 g/mol. The Balaban J connectivity index is 1.43. The maximum absolute atomic E-state index is 12.4. The van der Waals surface area contributed by atoms with Gasteiger partial charge >= 0.3 is 11.7 Å². The van der Waals surface area contributed by atoms with Crippen LogP contribution < -0.4 is 16.3 Å². The van der Waals surface area contributed by atoms with Crippen molar-refractivity contribution in [3.05, 3.63) is 65.2 Å². The van der Waals surface area contributed by atoms with Crippen molar-refractivity contribution in [1.82, 2.24) is 9.55 Å². The average Bonchev–Trinajstić information content (AvgIpc) is 3.08. The molecule has 7 heteroatoms. The third-order valence-corrected chi connectivity index (χ3v) is 5.33. The van der Waals surface area contributed by atoms with Gasteiger partial charge in [-0.3, -0.25) is 9.88 Å². The SMILES string of the molecule is CCC1OC(n2ccc(NC(=O)Nc3ccc4ccccc4c3)nc2=O)C[C@H]1C. The molecule has 2 unspecified atom stereocenters. The van der Waals surface area contributed by atoms with Crippen LogP contribution in [0.1, 0.15) is 32.9 Å². The van der Waals surface area contributed by atoms with Crippen molar-refractivity contribution in [2.24, 2.45) is 5.92 Å². The lowest BCUT2D eigenvalue weighted by molar-refractivity contribution is -0.00747. The number of amides is 2. The normalized spacial score (nSPS) is 21.2. The van der Waals surface area contributed by atoms with Gasteiger partial charge in [0.1, 0.15) is 12.0 Å². The Morgan fingerprint density at radius 1 is 1.17 bits per heavy atom. The van der Waals surface area contributed by atoms with Crippen LogP contribution in [-0.2, 0) is 4.74 Å². The molecular formula is C22H24N4O3. The number of benzene rings is 2. The highest BCUT2D eigenvalue weighted by Gasteiger charge is 2.32. The van der Waals surface area contributed by atoms with Gasteiger partial charge in [0.15, 0.2) is 0 Å². The second kappa shape index (κ2) is 8.05. The molecule has 3 atom stereocenters. The number of nitrogens with one attached hydrogen (secondary N) is 2. The number of nitrogens with zero attached hydrogens (tertiary/aromatic N) is 2. The number of carbonyl (C=O) groups is 1. The van der Waals surface area contributed by atoms with Gasteiger partial charge in [0.05, 0.1) is 6.10 Å². The Morgan fingerprint density at radius 2 is 1.97 bits per heavy atom. The van der Waals surface area contributed by atoms with E-state index in [0.717, 1.165) is 23.6 Å². The van der Waals surface area contributed by atoms with Crippen molar-refractivity contribution in [2.45, 2.75) is 39.0 Å². The first-order valence-corrected chi connectivity index (χ1v) is 9.85. The first-order chi connectivity index (χ1) is 14.0. The summed E-state index contributed by atoms with van der Waals surface area (Å²) in [5, 5.41) is 7.50. The van der Waals surface area contributed by atoms with Gasteiger partial charge in [-0.25, -0.2) is 9.59 Å². The van der Waals surface area contributed by atoms with Gasteiger partial charge in [-0.05, 0) is 47.7 Å². The van der Waals surface area contributed by atoms with Crippen molar-refractivity contribution in [1.29, 1.82) is 0 Å². The first kappa shape index (κ1) is 19.1. The number of hydrogen-bond donors (Lipinski definition) is 2. The average molecular weight is 392 g/mol. The summed E-state index contributed by atoms with van der Waals surface area (Å²) in [5.41, 5.74) is 0.218. The number of rotatable bonds is 4. The zero-order chi connectivity index (χ0) is 20.4. The fourth-order valence-electron chi connectivity index (χ4n) is 3.79. The Morgan fingerprint density at radius 3 is 2.69 bits per heavy atom. The summed E-state index contributed by atoms with van der Waals surface area (Å²) in [7, 11) is 0. The largest absolute Gasteiger partial charge is 0.354 e. The van der Waals surface area contributed by atoms with Crippen LogP contribution in [0.2, 0.25) is 0 Å². The summed E-state index contributed by atoms with van der Waals surface area (Å²) in [5.74, 6) is 0.588. The quantitative estimate of drug-likeness (QED) is 0.690. The van der Waals surface area contributed by atoms with E-state index in [-0.39, 0.29) is 18.1 Å². The van der Waals surface area contributed by atoms with Crippen LogP contribution in [0, 0.1) is 5.92 Å². The molecule has 2 amide bonds.